The van der Waals surface area contributed by atoms with Gasteiger partial charge >= 0.3 is 6.18 Å². The van der Waals surface area contributed by atoms with Gasteiger partial charge in [0.15, 0.2) is 0 Å². The second kappa shape index (κ2) is 6.91. The quantitative estimate of drug-likeness (QED) is 0.748. The summed E-state index contributed by atoms with van der Waals surface area (Å²) in [5.74, 6) is -0.858. The van der Waals surface area contributed by atoms with E-state index in [4.69, 9.17) is 4.74 Å². The Labute approximate surface area is 161 Å². The van der Waals surface area contributed by atoms with Gasteiger partial charge in [0.1, 0.15) is 0 Å². The van der Waals surface area contributed by atoms with Crippen molar-refractivity contribution < 1.29 is 26.3 Å². The molecular weight excluding hydrogens is 395 g/mol. The lowest BCUT2D eigenvalue weighted by molar-refractivity contribution is -0.147. The van der Waals surface area contributed by atoms with E-state index in [9.17, 15) is 21.6 Å². The Hall–Kier alpha value is -1.81. The molecule has 28 heavy (non-hydrogen) atoms. The molecule has 0 amide bonds. The first-order valence-electron chi connectivity index (χ1n) is 9.31. The number of imidazole rings is 1. The number of nitrogens with zero attached hydrogens (tertiary/aromatic N) is 3. The SMILES string of the molecule is CN(c1ccc2c(c1)nc(C(F)(F)F)n2CC1CCOCC1)S(=O)(=O)C1CC1. The van der Waals surface area contributed by atoms with E-state index in [1.165, 1.54) is 23.7 Å². The van der Waals surface area contributed by atoms with Crippen LogP contribution in [0.2, 0.25) is 0 Å². The summed E-state index contributed by atoms with van der Waals surface area (Å²) in [5, 5.41) is -0.398. The van der Waals surface area contributed by atoms with Crippen molar-refractivity contribution >= 4 is 26.7 Å². The van der Waals surface area contributed by atoms with Crippen LogP contribution in [0.3, 0.4) is 0 Å². The van der Waals surface area contributed by atoms with E-state index >= 15 is 0 Å². The lowest BCUT2D eigenvalue weighted by atomic mass is 10.0. The Morgan fingerprint density at radius 2 is 1.89 bits per heavy atom. The number of hydrogen-bond acceptors (Lipinski definition) is 4. The number of ether oxygens (including phenoxy) is 1. The molecule has 1 saturated carbocycles. The number of rotatable bonds is 5. The van der Waals surface area contributed by atoms with Gasteiger partial charge in [0.2, 0.25) is 15.8 Å². The molecule has 1 aromatic heterocycles. The predicted octanol–water partition coefficient (Wildman–Crippen LogP) is 3.41. The first-order chi connectivity index (χ1) is 13.2. The third-order valence-corrected chi connectivity index (χ3v) is 7.75. The summed E-state index contributed by atoms with van der Waals surface area (Å²) < 4.78 is 73.3. The molecule has 4 rings (SSSR count). The Bertz CT molecular complexity index is 977. The highest BCUT2D eigenvalue weighted by Gasteiger charge is 2.40. The van der Waals surface area contributed by atoms with Crippen molar-refractivity contribution in [2.24, 2.45) is 5.92 Å². The highest BCUT2D eigenvalue weighted by atomic mass is 32.2. The molecule has 6 nitrogen and oxygen atoms in total. The highest BCUT2D eigenvalue weighted by Crippen LogP contribution is 2.36. The Balaban J connectivity index is 1.73. The molecule has 2 heterocycles. The van der Waals surface area contributed by atoms with Crippen LogP contribution < -0.4 is 4.31 Å². The molecule has 0 atom stereocenters. The van der Waals surface area contributed by atoms with Gasteiger partial charge in [0.05, 0.1) is 22.0 Å². The molecule has 2 fully saturated rings. The average Bonchev–Trinajstić information content (AvgIpc) is 3.45. The van der Waals surface area contributed by atoms with Crippen LogP contribution in [-0.4, -0.2) is 43.5 Å². The van der Waals surface area contributed by atoms with Crippen molar-refractivity contribution in [1.29, 1.82) is 0 Å². The maximum atomic E-state index is 13.6. The topological polar surface area (TPSA) is 64.4 Å². The number of fused-ring (bicyclic) bond motifs is 1. The molecule has 1 aliphatic heterocycles. The first-order valence-corrected chi connectivity index (χ1v) is 10.8. The summed E-state index contributed by atoms with van der Waals surface area (Å²) in [6.45, 7) is 1.31. The van der Waals surface area contributed by atoms with E-state index in [0.29, 0.717) is 50.1 Å². The van der Waals surface area contributed by atoms with Gasteiger partial charge in [-0.3, -0.25) is 4.31 Å². The number of aromatic nitrogens is 2. The molecule has 0 N–H and O–H groups in total. The van der Waals surface area contributed by atoms with Crippen molar-refractivity contribution in [3.8, 4) is 0 Å². The molecule has 0 unspecified atom stereocenters. The fourth-order valence-corrected chi connectivity index (χ4v) is 5.23. The Morgan fingerprint density at radius 1 is 1.21 bits per heavy atom. The second-order valence-electron chi connectivity index (χ2n) is 7.48. The highest BCUT2D eigenvalue weighted by molar-refractivity contribution is 7.93. The van der Waals surface area contributed by atoms with Gasteiger partial charge < -0.3 is 9.30 Å². The van der Waals surface area contributed by atoms with E-state index in [-0.39, 0.29) is 18.0 Å². The van der Waals surface area contributed by atoms with Crippen LogP contribution in [0.5, 0.6) is 0 Å². The summed E-state index contributed by atoms with van der Waals surface area (Å²) >= 11 is 0. The van der Waals surface area contributed by atoms with Crippen LogP contribution in [0, 0.1) is 5.92 Å². The number of anilines is 1. The molecule has 0 bridgehead atoms. The van der Waals surface area contributed by atoms with Gasteiger partial charge in [-0.2, -0.15) is 13.2 Å². The summed E-state index contributed by atoms with van der Waals surface area (Å²) in [5.41, 5.74) is 0.832. The van der Waals surface area contributed by atoms with Crippen LogP contribution >= 0.6 is 0 Å². The smallest absolute Gasteiger partial charge is 0.381 e. The summed E-state index contributed by atoms with van der Waals surface area (Å²) in [4.78, 5) is 3.82. The third-order valence-electron chi connectivity index (χ3n) is 5.46. The van der Waals surface area contributed by atoms with Crippen LogP contribution in [0.1, 0.15) is 31.5 Å². The number of sulfonamides is 1. The van der Waals surface area contributed by atoms with E-state index < -0.39 is 27.3 Å². The minimum Gasteiger partial charge on any atom is -0.381 e. The fourth-order valence-electron chi connectivity index (χ4n) is 3.64. The normalized spacial score (nSPS) is 19.3. The molecule has 154 valence electrons. The molecule has 2 aromatic rings. The van der Waals surface area contributed by atoms with Crippen LogP contribution in [0.15, 0.2) is 18.2 Å². The minimum atomic E-state index is -4.59. The van der Waals surface area contributed by atoms with E-state index in [2.05, 4.69) is 4.98 Å². The Morgan fingerprint density at radius 3 is 2.50 bits per heavy atom. The van der Waals surface area contributed by atoms with Crippen LogP contribution in [-0.2, 0) is 27.5 Å². The van der Waals surface area contributed by atoms with Crippen molar-refractivity contribution in [1.82, 2.24) is 9.55 Å². The van der Waals surface area contributed by atoms with E-state index in [0.717, 1.165) is 4.31 Å². The van der Waals surface area contributed by atoms with Gasteiger partial charge in [0.25, 0.3) is 0 Å². The molecule has 1 saturated heterocycles. The van der Waals surface area contributed by atoms with Gasteiger partial charge in [-0.1, -0.05) is 0 Å². The van der Waals surface area contributed by atoms with Gasteiger partial charge in [-0.05, 0) is 49.8 Å². The number of halogens is 3. The lowest BCUT2D eigenvalue weighted by Crippen LogP contribution is -2.29. The largest absolute Gasteiger partial charge is 0.449 e. The van der Waals surface area contributed by atoms with Crippen molar-refractivity contribution in [3.05, 3.63) is 24.0 Å². The number of hydrogen-bond donors (Lipinski definition) is 0. The minimum absolute atomic E-state index is 0.0878. The van der Waals surface area contributed by atoms with Crippen molar-refractivity contribution in [2.45, 2.75) is 43.7 Å². The first kappa shape index (κ1) is 19.5. The van der Waals surface area contributed by atoms with Crippen molar-refractivity contribution in [3.63, 3.8) is 0 Å². The monoisotopic (exact) mass is 417 g/mol. The molecule has 2 aliphatic rings. The van der Waals surface area contributed by atoms with Crippen LogP contribution in [0.4, 0.5) is 18.9 Å². The maximum Gasteiger partial charge on any atom is 0.449 e. The molecule has 0 spiro atoms. The molecular formula is C18H22F3N3O3S. The molecule has 1 aromatic carbocycles. The lowest BCUT2D eigenvalue weighted by Gasteiger charge is -2.24. The third kappa shape index (κ3) is 3.59. The average molecular weight is 417 g/mol. The zero-order valence-electron chi connectivity index (χ0n) is 15.4. The summed E-state index contributed by atoms with van der Waals surface area (Å²) in [6.07, 6.45) is -1.94. The maximum absolute atomic E-state index is 13.6. The predicted molar refractivity (Wildman–Crippen MR) is 98.6 cm³/mol. The summed E-state index contributed by atoms with van der Waals surface area (Å²) in [6, 6.07) is 4.50. The zero-order valence-corrected chi connectivity index (χ0v) is 16.3. The summed E-state index contributed by atoms with van der Waals surface area (Å²) in [7, 11) is -2.05. The molecule has 0 radical (unpaired) electrons. The zero-order chi connectivity index (χ0) is 20.1. The number of benzene rings is 1. The second-order valence-corrected chi connectivity index (χ2v) is 9.73. The van der Waals surface area contributed by atoms with Gasteiger partial charge in [-0.15, -0.1) is 0 Å². The fraction of sp³-hybridized carbons (Fsp3) is 0.611. The van der Waals surface area contributed by atoms with Crippen LogP contribution in [0.25, 0.3) is 11.0 Å². The number of alkyl halides is 3. The molecule has 1 aliphatic carbocycles. The molecule has 10 heteroatoms. The van der Waals surface area contributed by atoms with Crippen molar-refractivity contribution in [2.75, 3.05) is 24.6 Å². The van der Waals surface area contributed by atoms with E-state index in [1.54, 1.807) is 6.07 Å². The Kier molecular flexibility index (Phi) is 4.81. The standard InChI is InChI=1S/C18H22F3N3O3S/c1-23(28(25,26)14-3-4-14)13-2-5-16-15(10-13)22-17(18(19,20)21)24(16)11-12-6-8-27-9-7-12/h2,5,10,12,14H,3-4,6-9,11H2,1H3. The van der Waals surface area contributed by atoms with E-state index in [1.807, 2.05) is 0 Å². The van der Waals surface area contributed by atoms with Gasteiger partial charge in [-0.25, -0.2) is 13.4 Å². The van der Waals surface area contributed by atoms with Gasteiger partial charge in [0, 0.05) is 26.8 Å².